The topological polar surface area (TPSA) is 55.1 Å². The van der Waals surface area contributed by atoms with Gasteiger partial charge in [-0.1, -0.05) is 13.8 Å². The van der Waals surface area contributed by atoms with Gasteiger partial charge in [0.15, 0.2) is 0 Å². The second-order valence-corrected chi connectivity index (χ2v) is 5.56. The minimum absolute atomic E-state index is 0.0494. The first-order valence-electron chi connectivity index (χ1n) is 6.79. The number of hydrogen-bond acceptors (Lipinski definition) is 2. The maximum atomic E-state index is 13.6. The first-order valence-corrected chi connectivity index (χ1v) is 6.79. The summed E-state index contributed by atoms with van der Waals surface area (Å²) in [4.78, 5) is 11.9. The number of carbonyl (C=O) groups excluding carboxylic acids is 1. The van der Waals surface area contributed by atoms with Gasteiger partial charge in [-0.2, -0.15) is 0 Å². The molecule has 1 aromatic carbocycles. The molecule has 0 heterocycles. The highest BCUT2D eigenvalue weighted by Crippen LogP contribution is 2.20. The van der Waals surface area contributed by atoms with Crippen LogP contribution in [0.2, 0.25) is 0 Å². The zero-order valence-corrected chi connectivity index (χ0v) is 12.2. The Morgan fingerprint density at radius 3 is 2.50 bits per heavy atom. The molecule has 0 bridgehead atoms. The quantitative estimate of drug-likeness (QED) is 0.842. The van der Waals surface area contributed by atoms with Crippen LogP contribution in [0.15, 0.2) is 12.1 Å². The van der Waals surface area contributed by atoms with Crippen molar-refractivity contribution in [2.75, 3.05) is 11.9 Å². The minimum Gasteiger partial charge on any atom is -0.330 e. The highest BCUT2D eigenvalue weighted by atomic mass is 19.1. The van der Waals surface area contributed by atoms with Gasteiger partial charge in [0.25, 0.3) is 0 Å². The summed E-state index contributed by atoms with van der Waals surface area (Å²) in [6.07, 6.45) is 1.04. The Kier molecular flexibility index (Phi) is 6.07. The van der Waals surface area contributed by atoms with E-state index in [0.717, 1.165) is 18.6 Å². The molecule has 0 aliphatic carbocycles. The number of aryl methyl sites for hydroxylation is 1. The van der Waals surface area contributed by atoms with Crippen LogP contribution < -0.4 is 11.1 Å². The number of rotatable bonds is 6. The summed E-state index contributed by atoms with van der Waals surface area (Å²) < 4.78 is 27.0. The monoisotopic (exact) mass is 284 g/mol. The van der Waals surface area contributed by atoms with Crippen molar-refractivity contribution >= 4 is 11.6 Å². The van der Waals surface area contributed by atoms with Crippen molar-refractivity contribution < 1.29 is 13.6 Å². The molecule has 0 spiro atoms. The Bertz CT molecular complexity index is 475. The van der Waals surface area contributed by atoms with Crippen LogP contribution in [-0.4, -0.2) is 12.5 Å². The van der Waals surface area contributed by atoms with Crippen molar-refractivity contribution in [1.29, 1.82) is 0 Å². The van der Waals surface area contributed by atoms with E-state index in [9.17, 15) is 13.6 Å². The second kappa shape index (κ2) is 7.33. The number of amides is 1. The lowest BCUT2D eigenvalue weighted by Crippen LogP contribution is -2.23. The van der Waals surface area contributed by atoms with Gasteiger partial charge in [0.2, 0.25) is 5.91 Å². The molecule has 0 aliphatic heterocycles. The predicted molar refractivity (Wildman–Crippen MR) is 76.3 cm³/mol. The van der Waals surface area contributed by atoms with Crippen molar-refractivity contribution in [3.63, 3.8) is 0 Å². The third-order valence-corrected chi connectivity index (χ3v) is 3.13. The van der Waals surface area contributed by atoms with E-state index in [2.05, 4.69) is 19.2 Å². The molecular formula is C15H22F2N2O. The lowest BCUT2D eigenvalue weighted by atomic mass is 9.94. The van der Waals surface area contributed by atoms with E-state index < -0.39 is 11.6 Å². The van der Waals surface area contributed by atoms with Crippen molar-refractivity contribution in [2.45, 2.75) is 33.6 Å². The highest BCUT2D eigenvalue weighted by molar-refractivity contribution is 5.91. The molecule has 1 atom stereocenters. The van der Waals surface area contributed by atoms with Gasteiger partial charge in [-0.25, -0.2) is 8.78 Å². The maximum Gasteiger partial charge on any atom is 0.224 e. The third kappa shape index (κ3) is 4.89. The average molecular weight is 284 g/mol. The number of hydrogen-bond donors (Lipinski definition) is 2. The van der Waals surface area contributed by atoms with Gasteiger partial charge in [-0.05, 0) is 43.4 Å². The molecule has 3 N–H and O–H groups in total. The summed E-state index contributed by atoms with van der Waals surface area (Å²) in [6, 6.07) is 2.07. The lowest BCUT2D eigenvalue weighted by Gasteiger charge is -2.16. The first kappa shape index (κ1) is 16.6. The molecule has 0 radical (unpaired) electrons. The van der Waals surface area contributed by atoms with Crippen LogP contribution in [0.3, 0.4) is 0 Å². The fourth-order valence-electron chi connectivity index (χ4n) is 2.14. The van der Waals surface area contributed by atoms with E-state index in [1.807, 2.05) is 0 Å². The van der Waals surface area contributed by atoms with Crippen LogP contribution in [0.5, 0.6) is 0 Å². The predicted octanol–water partition coefficient (Wildman–Crippen LogP) is 3.22. The van der Waals surface area contributed by atoms with Gasteiger partial charge in [-0.15, -0.1) is 0 Å². The largest absolute Gasteiger partial charge is 0.330 e. The molecule has 0 aromatic heterocycles. The number of anilines is 1. The van der Waals surface area contributed by atoms with Gasteiger partial charge in [-0.3, -0.25) is 4.79 Å². The Hall–Kier alpha value is -1.49. The van der Waals surface area contributed by atoms with Gasteiger partial charge in [0, 0.05) is 12.5 Å². The number of benzene rings is 1. The molecule has 1 rings (SSSR count). The Morgan fingerprint density at radius 2 is 1.95 bits per heavy atom. The first-order chi connectivity index (χ1) is 9.33. The molecule has 0 unspecified atom stereocenters. The van der Waals surface area contributed by atoms with E-state index in [1.165, 1.54) is 6.92 Å². The van der Waals surface area contributed by atoms with Gasteiger partial charge in [0.1, 0.15) is 11.6 Å². The summed E-state index contributed by atoms with van der Waals surface area (Å²) in [5, 5.41) is 2.41. The summed E-state index contributed by atoms with van der Waals surface area (Å²) in [7, 11) is 0. The highest BCUT2D eigenvalue weighted by Gasteiger charge is 2.16. The number of nitrogens with one attached hydrogen (secondary N) is 1. The van der Waals surface area contributed by atoms with Gasteiger partial charge < -0.3 is 11.1 Å². The standard InChI is InChI=1S/C15H22F2N2O/c1-9(2)4-11(8-18)6-15(20)19-14-7-12(16)10(3)5-13(14)17/h5,7,9,11H,4,6,8,18H2,1-3H3,(H,19,20)/t11-/m0/s1. The van der Waals surface area contributed by atoms with E-state index in [-0.39, 0.29) is 29.5 Å². The van der Waals surface area contributed by atoms with Crippen molar-refractivity contribution in [3.8, 4) is 0 Å². The molecule has 0 saturated heterocycles. The minimum atomic E-state index is -0.634. The molecule has 1 amide bonds. The summed E-state index contributed by atoms with van der Waals surface area (Å²) >= 11 is 0. The normalized spacial score (nSPS) is 12.6. The summed E-state index contributed by atoms with van der Waals surface area (Å²) in [5.74, 6) is -1.04. The smallest absolute Gasteiger partial charge is 0.224 e. The Balaban J connectivity index is 2.68. The van der Waals surface area contributed by atoms with Gasteiger partial charge >= 0.3 is 0 Å². The molecule has 20 heavy (non-hydrogen) atoms. The molecule has 5 heteroatoms. The third-order valence-electron chi connectivity index (χ3n) is 3.13. The van der Waals surface area contributed by atoms with E-state index in [0.29, 0.717) is 12.5 Å². The van der Waals surface area contributed by atoms with E-state index in [1.54, 1.807) is 0 Å². The maximum absolute atomic E-state index is 13.6. The molecule has 112 valence electrons. The molecule has 3 nitrogen and oxygen atoms in total. The SMILES string of the molecule is Cc1cc(F)c(NC(=O)C[C@@H](CN)CC(C)C)cc1F. The van der Waals surface area contributed by atoms with Crippen LogP contribution in [0.4, 0.5) is 14.5 Å². The fourth-order valence-corrected chi connectivity index (χ4v) is 2.14. The lowest BCUT2D eigenvalue weighted by molar-refractivity contribution is -0.117. The second-order valence-electron chi connectivity index (χ2n) is 5.56. The number of carbonyl (C=O) groups is 1. The zero-order chi connectivity index (χ0) is 15.3. The van der Waals surface area contributed by atoms with Crippen LogP contribution in [0.25, 0.3) is 0 Å². The van der Waals surface area contributed by atoms with Crippen LogP contribution in [0, 0.1) is 30.4 Å². The number of halogens is 2. The fraction of sp³-hybridized carbons (Fsp3) is 0.533. The van der Waals surface area contributed by atoms with Crippen LogP contribution in [0.1, 0.15) is 32.3 Å². The molecule has 0 saturated carbocycles. The molecular weight excluding hydrogens is 262 g/mol. The molecule has 1 aromatic rings. The molecule has 0 aliphatic rings. The van der Waals surface area contributed by atoms with E-state index in [4.69, 9.17) is 5.73 Å². The zero-order valence-electron chi connectivity index (χ0n) is 12.2. The van der Waals surface area contributed by atoms with Crippen molar-refractivity contribution in [3.05, 3.63) is 29.3 Å². The van der Waals surface area contributed by atoms with Crippen molar-refractivity contribution in [1.82, 2.24) is 0 Å². The van der Waals surface area contributed by atoms with Gasteiger partial charge in [0.05, 0.1) is 5.69 Å². The van der Waals surface area contributed by atoms with Crippen LogP contribution in [-0.2, 0) is 4.79 Å². The Morgan fingerprint density at radius 1 is 1.30 bits per heavy atom. The average Bonchev–Trinajstić information content (AvgIpc) is 2.34. The molecule has 0 fully saturated rings. The van der Waals surface area contributed by atoms with Crippen molar-refractivity contribution in [2.24, 2.45) is 17.6 Å². The van der Waals surface area contributed by atoms with E-state index >= 15 is 0 Å². The summed E-state index contributed by atoms with van der Waals surface area (Å²) in [6.45, 7) is 5.97. The summed E-state index contributed by atoms with van der Waals surface area (Å²) in [5.41, 5.74) is 5.70. The number of nitrogens with two attached hydrogens (primary N) is 1. The Labute approximate surface area is 118 Å². The van der Waals surface area contributed by atoms with Crippen LogP contribution >= 0.6 is 0 Å².